The van der Waals surface area contributed by atoms with Crippen LogP contribution in [0.4, 0.5) is 5.69 Å². The third-order valence-corrected chi connectivity index (χ3v) is 5.58. The summed E-state index contributed by atoms with van der Waals surface area (Å²) in [5.41, 5.74) is 2.95. The minimum absolute atomic E-state index is 0.0219. The number of methoxy groups -OCH3 is 2. The lowest BCUT2D eigenvalue weighted by atomic mass is 10.1. The third kappa shape index (κ3) is 4.24. The second-order valence-corrected chi connectivity index (χ2v) is 8.22. The number of para-hydroxylation sites is 1. The van der Waals surface area contributed by atoms with Gasteiger partial charge in [0.15, 0.2) is 0 Å². The van der Waals surface area contributed by atoms with Crippen molar-refractivity contribution < 1.29 is 14.3 Å². The Bertz CT molecular complexity index is 1420. The van der Waals surface area contributed by atoms with Crippen LogP contribution in [0.3, 0.4) is 0 Å². The Morgan fingerprint density at radius 2 is 1.88 bits per heavy atom. The average Bonchev–Trinajstić information content (AvgIpc) is 3.26. The smallest absolute Gasteiger partial charge is 0.293 e. The van der Waals surface area contributed by atoms with Gasteiger partial charge in [-0.25, -0.2) is 9.36 Å². The molecule has 2 aromatic carbocycles. The second-order valence-electron chi connectivity index (χ2n) is 8.22. The summed E-state index contributed by atoms with van der Waals surface area (Å²) in [6.45, 7) is 5.68. The molecule has 4 rings (SSSR count). The molecule has 0 aliphatic carbocycles. The Balaban J connectivity index is 1.75. The van der Waals surface area contributed by atoms with Crippen molar-refractivity contribution in [2.45, 2.75) is 33.2 Å². The number of fused-ring (bicyclic) bond motifs is 1. The Labute approximate surface area is 196 Å². The molecule has 1 amide bonds. The molecule has 0 unspecified atom stereocenters. The molecule has 0 spiro atoms. The van der Waals surface area contributed by atoms with E-state index in [1.54, 1.807) is 36.2 Å². The number of nitrogens with one attached hydrogen (secondary N) is 1. The predicted octanol–water partition coefficient (Wildman–Crippen LogP) is 3.67. The number of ether oxygens (including phenoxy) is 2. The van der Waals surface area contributed by atoms with Gasteiger partial charge in [0.2, 0.25) is 5.91 Å². The van der Waals surface area contributed by atoms with Crippen LogP contribution in [0.2, 0.25) is 0 Å². The predicted molar refractivity (Wildman–Crippen MR) is 130 cm³/mol. The van der Waals surface area contributed by atoms with Crippen molar-refractivity contribution in [3.8, 4) is 17.2 Å². The average molecular weight is 462 g/mol. The first-order valence-electron chi connectivity index (χ1n) is 10.9. The second kappa shape index (κ2) is 9.38. The number of carbonyl (C=O) groups excluding carboxylic acids is 1. The van der Waals surface area contributed by atoms with E-state index in [0.717, 1.165) is 11.3 Å². The molecule has 2 heterocycles. The first-order valence-corrected chi connectivity index (χ1v) is 10.9. The van der Waals surface area contributed by atoms with E-state index in [2.05, 4.69) is 15.5 Å². The molecule has 4 aromatic rings. The number of benzene rings is 2. The number of hydrogen-bond donors (Lipinski definition) is 1. The van der Waals surface area contributed by atoms with E-state index in [9.17, 15) is 9.59 Å². The summed E-state index contributed by atoms with van der Waals surface area (Å²) in [4.78, 5) is 26.4. The third-order valence-electron chi connectivity index (χ3n) is 5.58. The van der Waals surface area contributed by atoms with Crippen LogP contribution in [0.1, 0.15) is 31.0 Å². The van der Waals surface area contributed by atoms with E-state index in [4.69, 9.17) is 9.47 Å². The van der Waals surface area contributed by atoms with Gasteiger partial charge in [0.25, 0.3) is 5.56 Å². The molecule has 9 heteroatoms. The lowest BCUT2D eigenvalue weighted by molar-refractivity contribution is -0.117. The maximum atomic E-state index is 13.5. The highest BCUT2D eigenvalue weighted by Crippen LogP contribution is 2.29. The number of nitrogens with zero attached hydrogens (tertiary/aromatic N) is 4. The van der Waals surface area contributed by atoms with Crippen molar-refractivity contribution in [3.63, 3.8) is 0 Å². The van der Waals surface area contributed by atoms with Crippen LogP contribution in [-0.2, 0) is 11.3 Å². The van der Waals surface area contributed by atoms with Gasteiger partial charge in [-0.15, -0.1) is 0 Å². The molecule has 176 valence electrons. The summed E-state index contributed by atoms with van der Waals surface area (Å²) in [6, 6.07) is 12.8. The van der Waals surface area contributed by atoms with Gasteiger partial charge in [-0.3, -0.25) is 9.59 Å². The van der Waals surface area contributed by atoms with Crippen molar-refractivity contribution in [1.82, 2.24) is 19.6 Å². The van der Waals surface area contributed by atoms with Crippen molar-refractivity contribution in [2.75, 3.05) is 19.5 Å². The lowest BCUT2D eigenvalue weighted by Crippen LogP contribution is -2.31. The normalized spacial score (nSPS) is 11.1. The summed E-state index contributed by atoms with van der Waals surface area (Å²) in [5.74, 6) is 0.663. The largest absolute Gasteiger partial charge is 0.497 e. The molecule has 1 N–H and O–H groups in total. The fraction of sp³-hybridized carbons (Fsp3) is 0.280. The number of hydrogen-bond acceptors (Lipinski definition) is 6. The first kappa shape index (κ1) is 23.0. The quantitative estimate of drug-likeness (QED) is 0.451. The van der Waals surface area contributed by atoms with Crippen LogP contribution in [0.25, 0.3) is 16.6 Å². The van der Waals surface area contributed by atoms with Gasteiger partial charge in [0.05, 0.1) is 37.5 Å². The van der Waals surface area contributed by atoms with Crippen LogP contribution in [0, 0.1) is 6.92 Å². The highest BCUT2D eigenvalue weighted by Gasteiger charge is 2.21. The zero-order valence-electron chi connectivity index (χ0n) is 19.8. The van der Waals surface area contributed by atoms with Crippen molar-refractivity contribution in [3.05, 3.63) is 70.3 Å². The van der Waals surface area contributed by atoms with Crippen molar-refractivity contribution >= 4 is 22.5 Å². The minimum atomic E-state index is -0.408. The number of anilines is 1. The van der Waals surface area contributed by atoms with Gasteiger partial charge in [-0.05, 0) is 36.6 Å². The summed E-state index contributed by atoms with van der Waals surface area (Å²) in [6.07, 6.45) is 1.66. The molecule has 0 saturated heterocycles. The molecule has 0 saturated carbocycles. The number of aryl methyl sites for hydroxylation is 1. The fourth-order valence-corrected chi connectivity index (χ4v) is 3.84. The van der Waals surface area contributed by atoms with Crippen LogP contribution in [-0.4, -0.2) is 39.7 Å². The van der Waals surface area contributed by atoms with Gasteiger partial charge < -0.3 is 14.8 Å². The Morgan fingerprint density at radius 3 is 2.56 bits per heavy atom. The van der Waals surface area contributed by atoms with Crippen molar-refractivity contribution in [1.29, 1.82) is 0 Å². The number of amides is 1. The zero-order chi connectivity index (χ0) is 24.4. The molecule has 0 radical (unpaired) electrons. The molecule has 0 fully saturated rings. The summed E-state index contributed by atoms with van der Waals surface area (Å²) < 4.78 is 13.4. The highest BCUT2D eigenvalue weighted by molar-refractivity contribution is 5.92. The van der Waals surface area contributed by atoms with Gasteiger partial charge in [-0.1, -0.05) is 32.0 Å². The van der Waals surface area contributed by atoms with Gasteiger partial charge in [0, 0.05) is 11.5 Å². The van der Waals surface area contributed by atoms with Crippen LogP contribution in [0.5, 0.6) is 11.5 Å². The highest BCUT2D eigenvalue weighted by atomic mass is 16.5. The summed E-state index contributed by atoms with van der Waals surface area (Å²) >= 11 is 0. The maximum absolute atomic E-state index is 13.5. The monoisotopic (exact) mass is 461 g/mol. The molecule has 2 aromatic heterocycles. The van der Waals surface area contributed by atoms with Crippen LogP contribution in [0.15, 0.2) is 53.5 Å². The first-order chi connectivity index (χ1) is 16.3. The molecule has 9 nitrogen and oxygen atoms in total. The summed E-state index contributed by atoms with van der Waals surface area (Å²) in [5, 5.41) is 12.5. The van der Waals surface area contributed by atoms with E-state index in [-0.39, 0.29) is 12.5 Å². The SMILES string of the molecule is COc1ccc(NC(=O)Cn2nc(C(C)C)c3cnn(-c4ccccc4C)c3c2=O)c(OC)c1. The maximum Gasteiger partial charge on any atom is 0.293 e. The van der Waals surface area contributed by atoms with Crippen LogP contribution >= 0.6 is 0 Å². The van der Waals surface area contributed by atoms with Gasteiger partial charge >= 0.3 is 0 Å². The van der Waals surface area contributed by atoms with E-state index in [1.165, 1.54) is 11.8 Å². The molecule has 0 bridgehead atoms. The van der Waals surface area contributed by atoms with E-state index in [0.29, 0.717) is 33.8 Å². The van der Waals surface area contributed by atoms with Crippen LogP contribution < -0.4 is 20.3 Å². The van der Waals surface area contributed by atoms with E-state index < -0.39 is 11.5 Å². The fourth-order valence-electron chi connectivity index (χ4n) is 3.84. The standard InChI is InChI=1S/C25H27N5O4/c1-15(2)23-18-13-26-30(20-9-7-6-8-16(20)3)24(18)25(32)29(28-23)14-22(31)27-19-11-10-17(33-4)12-21(19)34-5/h6-13,15H,14H2,1-5H3,(H,27,31). The minimum Gasteiger partial charge on any atom is -0.497 e. The van der Waals surface area contributed by atoms with E-state index in [1.807, 2.05) is 45.0 Å². The molecule has 0 atom stereocenters. The number of rotatable bonds is 7. The molecule has 34 heavy (non-hydrogen) atoms. The lowest BCUT2D eigenvalue weighted by Gasteiger charge is -2.14. The Hall–Kier alpha value is -4.14. The molecular weight excluding hydrogens is 434 g/mol. The summed E-state index contributed by atoms with van der Waals surface area (Å²) in [7, 11) is 3.06. The van der Waals surface area contributed by atoms with Gasteiger partial charge in [0.1, 0.15) is 23.6 Å². The topological polar surface area (TPSA) is 100 Å². The Kier molecular flexibility index (Phi) is 6.36. The molecule has 0 aliphatic rings. The molecule has 0 aliphatic heterocycles. The molecular formula is C25H27N5O4. The van der Waals surface area contributed by atoms with E-state index >= 15 is 0 Å². The number of carbonyl (C=O) groups is 1. The number of aromatic nitrogens is 4. The van der Waals surface area contributed by atoms with Gasteiger partial charge in [-0.2, -0.15) is 10.2 Å². The zero-order valence-corrected chi connectivity index (χ0v) is 19.8. The Morgan fingerprint density at radius 1 is 1.12 bits per heavy atom. The van der Waals surface area contributed by atoms with Crippen molar-refractivity contribution in [2.24, 2.45) is 0 Å².